The lowest BCUT2D eigenvalue weighted by Crippen LogP contribution is -2.42. The smallest absolute Gasteiger partial charge is 0.253 e. The Kier molecular flexibility index (Phi) is 3.26. The van der Waals surface area contributed by atoms with Crippen molar-refractivity contribution in [2.45, 2.75) is 31.3 Å². The van der Waals surface area contributed by atoms with Crippen LogP contribution in [0.3, 0.4) is 0 Å². The number of carbonyl (C=O) groups is 1. The molecule has 2 aromatic rings. The molecule has 2 N–H and O–H groups in total. The van der Waals surface area contributed by atoms with Gasteiger partial charge in [-0.25, -0.2) is 0 Å². The average molecular weight is 272 g/mol. The van der Waals surface area contributed by atoms with Gasteiger partial charge in [0.1, 0.15) is 0 Å². The highest BCUT2D eigenvalue weighted by molar-refractivity contribution is 5.98. The Balaban J connectivity index is 1.76. The molecule has 0 spiro atoms. The zero-order valence-electron chi connectivity index (χ0n) is 11.7. The molecule has 1 fully saturated rings. The van der Waals surface area contributed by atoms with Gasteiger partial charge in [0.15, 0.2) is 0 Å². The third-order valence-corrected chi connectivity index (χ3v) is 4.21. The molecule has 1 aromatic heterocycles. The summed E-state index contributed by atoms with van der Waals surface area (Å²) in [5.41, 5.74) is 1.00. The van der Waals surface area contributed by atoms with Crippen molar-refractivity contribution >= 4 is 16.8 Å². The number of aliphatic hydroxyl groups is 1. The van der Waals surface area contributed by atoms with Crippen molar-refractivity contribution in [2.75, 3.05) is 13.6 Å². The normalized spacial score (nSPS) is 17.5. The molecular formula is C16H20N2O2. The predicted molar refractivity (Wildman–Crippen MR) is 78.7 cm³/mol. The molecule has 0 atom stereocenters. The number of likely N-dealkylation sites (N-methyl/N-ethyl adjacent to an activating group) is 1. The first-order valence-corrected chi connectivity index (χ1v) is 7.12. The van der Waals surface area contributed by atoms with Crippen molar-refractivity contribution in [3.05, 3.63) is 36.0 Å². The van der Waals surface area contributed by atoms with Crippen LogP contribution in [0.15, 0.2) is 30.5 Å². The molecule has 1 aliphatic rings. The van der Waals surface area contributed by atoms with Crippen LogP contribution >= 0.6 is 0 Å². The molecule has 3 rings (SSSR count). The van der Waals surface area contributed by atoms with Crippen molar-refractivity contribution in [1.82, 2.24) is 9.88 Å². The molecule has 0 radical (unpaired) electrons. The average Bonchev–Trinajstić information content (AvgIpc) is 3.05. The minimum Gasteiger partial charge on any atom is -0.388 e. The van der Waals surface area contributed by atoms with E-state index in [2.05, 4.69) is 4.98 Å². The van der Waals surface area contributed by atoms with Gasteiger partial charge in [-0.15, -0.1) is 0 Å². The van der Waals surface area contributed by atoms with E-state index in [1.807, 2.05) is 30.5 Å². The second kappa shape index (κ2) is 4.94. The second-order valence-corrected chi connectivity index (χ2v) is 5.87. The molecule has 1 aromatic carbocycles. The minimum atomic E-state index is -0.692. The molecule has 1 aliphatic carbocycles. The van der Waals surface area contributed by atoms with Crippen molar-refractivity contribution in [2.24, 2.45) is 0 Å². The Morgan fingerprint density at radius 3 is 2.85 bits per heavy atom. The third kappa shape index (κ3) is 2.43. The number of hydrogen-bond donors (Lipinski definition) is 2. The van der Waals surface area contributed by atoms with E-state index >= 15 is 0 Å². The maximum Gasteiger partial charge on any atom is 0.253 e. The van der Waals surface area contributed by atoms with Crippen LogP contribution in [0.4, 0.5) is 0 Å². The van der Waals surface area contributed by atoms with Gasteiger partial charge >= 0.3 is 0 Å². The van der Waals surface area contributed by atoms with E-state index in [0.29, 0.717) is 12.1 Å². The molecule has 0 bridgehead atoms. The van der Waals surface area contributed by atoms with Crippen LogP contribution in [0.1, 0.15) is 36.0 Å². The summed E-state index contributed by atoms with van der Waals surface area (Å²) in [5, 5.41) is 11.4. The van der Waals surface area contributed by atoms with Crippen LogP contribution in [0.5, 0.6) is 0 Å². The van der Waals surface area contributed by atoms with Gasteiger partial charge in [-0.3, -0.25) is 4.79 Å². The molecule has 0 saturated heterocycles. The fourth-order valence-electron chi connectivity index (χ4n) is 3.11. The number of aromatic nitrogens is 1. The summed E-state index contributed by atoms with van der Waals surface area (Å²) < 4.78 is 0. The molecule has 4 heteroatoms. The Hall–Kier alpha value is -1.81. The van der Waals surface area contributed by atoms with Crippen LogP contribution in [0.2, 0.25) is 0 Å². The number of fused-ring (bicyclic) bond motifs is 1. The van der Waals surface area contributed by atoms with Crippen LogP contribution in [0.25, 0.3) is 10.9 Å². The largest absolute Gasteiger partial charge is 0.388 e. The fourth-order valence-corrected chi connectivity index (χ4v) is 3.11. The van der Waals surface area contributed by atoms with E-state index in [9.17, 15) is 9.90 Å². The monoisotopic (exact) mass is 272 g/mol. The fraction of sp³-hybridized carbons (Fsp3) is 0.438. The van der Waals surface area contributed by atoms with E-state index in [1.54, 1.807) is 11.9 Å². The van der Waals surface area contributed by atoms with Crippen LogP contribution in [0, 0.1) is 0 Å². The van der Waals surface area contributed by atoms with Crippen molar-refractivity contribution < 1.29 is 9.90 Å². The molecule has 4 nitrogen and oxygen atoms in total. The summed E-state index contributed by atoms with van der Waals surface area (Å²) in [6, 6.07) is 7.59. The summed E-state index contributed by atoms with van der Waals surface area (Å²) in [5.74, 6) is -0.0339. The highest BCUT2D eigenvalue weighted by atomic mass is 16.3. The number of amides is 1. The van der Waals surface area contributed by atoms with Gasteiger partial charge in [0.05, 0.1) is 5.60 Å². The third-order valence-electron chi connectivity index (χ3n) is 4.21. The number of H-pyrrole nitrogens is 1. The van der Waals surface area contributed by atoms with Gasteiger partial charge in [0.2, 0.25) is 0 Å². The summed E-state index contributed by atoms with van der Waals surface area (Å²) in [6.07, 6.45) is 5.55. The van der Waals surface area contributed by atoms with Gasteiger partial charge in [-0.05, 0) is 37.1 Å². The number of benzene rings is 1. The van der Waals surface area contributed by atoms with Crippen molar-refractivity contribution in [3.8, 4) is 0 Å². The Morgan fingerprint density at radius 2 is 2.10 bits per heavy atom. The number of aromatic amines is 1. The number of nitrogens with one attached hydrogen (secondary N) is 1. The van der Waals surface area contributed by atoms with Crippen molar-refractivity contribution in [1.29, 1.82) is 0 Å². The first-order chi connectivity index (χ1) is 9.57. The maximum absolute atomic E-state index is 12.4. The Labute approximate surface area is 118 Å². The zero-order chi connectivity index (χ0) is 14.2. The highest BCUT2D eigenvalue weighted by Crippen LogP contribution is 2.30. The van der Waals surface area contributed by atoms with Crippen LogP contribution < -0.4 is 0 Å². The van der Waals surface area contributed by atoms with Gasteiger partial charge in [0.25, 0.3) is 5.91 Å². The zero-order valence-corrected chi connectivity index (χ0v) is 11.7. The van der Waals surface area contributed by atoms with E-state index in [4.69, 9.17) is 0 Å². The van der Waals surface area contributed by atoms with Crippen molar-refractivity contribution in [3.63, 3.8) is 0 Å². The second-order valence-electron chi connectivity index (χ2n) is 5.87. The quantitative estimate of drug-likeness (QED) is 0.902. The molecule has 106 valence electrons. The molecule has 0 aliphatic heterocycles. The maximum atomic E-state index is 12.4. The van der Waals surface area contributed by atoms with Gasteiger partial charge < -0.3 is 15.0 Å². The summed E-state index contributed by atoms with van der Waals surface area (Å²) in [4.78, 5) is 17.2. The molecule has 0 unspecified atom stereocenters. The SMILES string of the molecule is CN(CC1(O)CCCC1)C(=O)c1ccc2[nH]ccc2c1. The number of nitrogens with zero attached hydrogens (tertiary/aromatic N) is 1. The molecule has 1 saturated carbocycles. The lowest BCUT2D eigenvalue weighted by atomic mass is 10.0. The molecule has 20 heavy (non-hydrogen) atoms. The van der Waals surface area contributed by atoms with E-state index < -0.39 is 5.60 Å². The summed E-state index contributed by atoms with van der Waals surface area (Å²) in [7, 11) is 1.76. The first-order valence-electron chi connectivity index (χ1n) is 7.12. The van der Waals surface area contributed by atoms with Gasteiger partial charge in [0, 0.05) is 36.3 Å². The summed E-state index contributed by atoms with van der Waals surface area (Å²) >= 11 is 0. The van der Waals surface area contributed by atoms with E-state index in [-0.39, 0.29) is 5.91 Å². The Bertz CT molecular complexity index is 626. The van der Waals surface area contributed by atoms with Crippen LogP contribution in [-0.2, 0) is 0 Å². The predicted octanol–water partition coefficient (Wildman–Crippen LogP) is 2.55. The van der Waals surface area contributed by atoms with E-state index in [1.165, 1.54) is 0 Å². The number of rotatable bonds is 3. The first kappa shape index (κ1) is 13.2. The summed E-state index contributed by atoms with van der Waals surface area (Å²) in [6.45, 7) is 0.414. The lowest BCUT2D eigenvalue weighted by molar-refractivity contribution is 0.0157. The molecular weight excluding hydrogens is 252 g/mol. The minimum absolute atomic E-state index is 0.0339. The van der Waals surface area contributed by atoms with E-state index in [0.717, 1.165) is 36.6 Å². The van der Waals surface area contributed by atoms with Gasteiger partial charge in [-0.2, -0.15) is 0 Å². The number of carbonyl (C=O) groups excluding carboxylic acids is 1. The number of hydrogen-bond acceptors (Lipinski definition) is 2. The lowest BCUT2D eigenvalue weighted by Gasteiger charge is -2.28. The Morgan fingerprint density at radius 1 is 1.35 bits per heavy atom. The van der Waals surface area contributed by atoms with Gasteiger partial charge in [-0.1, -0.05) is 12.8 Å². The topological polar surface area (TPSA) is 56.3 Å². The molecule has 1 amide bonds. The molecule has 1 heterocycles. The highest BCUT2D eigenvalue weighted by Gasteiger charge is 2.33. The standard InChI is InChI=1S/C16H20N2O2/c1-18(11-16(20)7-2-3-8-16)15(19)13-4-5-14-12(10-13)6-9-17-14/h4-6,9-10,17,20H,2-3,7-8,11H2,1H3. The van der Waals surface area contributed by atoms with Crippen LogP contribution in [-0.4, -0.2) is 40.1 Å².